The highest BCUT2D eigenvalue weighted by Crippen LogP contribution is 2.41. The Morgan fingerprint density at radius 3 is 2.82 bits per heavy atom. The van der Waals surface area contributed by atoms with Crippen molar-refractivity contribution in [1.82, 2.24) is 10.3 Å². The number of nitrogens with zero attached hydrogens (tertiary/aromatic N) is 2. The van der Waals surface area contributed by atoms with Crippen LogP contribution in [0.4, 0.5) is 16.3 Å². The van der Waals surface area contributed by atoms with E-state index in [0.717, 1.165) is 24.1 Å². The average molecular weight is 386 g/mol. The Kier molecular flexibility index (Phi) is 6.54. The molecule has 8 heteroatoms. The molecule has 1 aliphatic rings. The molecule has 150 valence electrons. The topological polar surface area (TPSA) is 85.0 Å². The van der Waals surface area contributed by atoms with Gasteiger partial charge in [-0.2, -0.15) is 0 Å². The highest BCUT2D eigenvalue weighted by Gasteiger charge is 2.26. The fraction of sp³-hybridized carbons (Fsp3) is 0.400. The number of aromatic nitrogens is 1. The first-order valence-corrected chi connectivity index (χ1v) is 9.25. The van der Waals surface area contributed by atoms with Gasteiger partial charge in [0.15, 0.2) is 11.5 Å². The van der Waals surface area contributed by atoms with Gasteiger partial charge in [0, 0.05) is 59.1 Å². The number of anilines is 2. The highest BCUT2D eigenvalue weighted by atomic mass is 16.5. The number of nitrogens with one attached hydrogen (secondary N) is 2. The van der Waals surface area contributed by atoms with Gasteiger partial charge in [0.25, 0.3) is 0 Å². The minimum atomic E-state index is -0.134. The highest BCUT2D eigenvalue weighted by molar-refractivity contribution is 5.94. The summed E-state index contributed by atoms with van der Waals surface area (Å²) in [6.45, 7) is 1.73. The molecule has 3 rings (SSSR count). The number of ether oxygens (including phenoxy) is 3. The molecule has 2 amide bonds. The van der Waals surface area contributed by atoms with Gasteiger partial charge in [-0.15, -0.1) is 0 Å². The van der Waals surface area contributed by atoms with Crippen LogP contribution < -0.4 is 25.0 Å². The van der Waals surface area contributed by atoms with E-state index in [-0.39, 0.29) is 6.03 Å². The van der Waals surface area contributed by atoms with Crippen molar-refractivity contribution in [3.8, 4) is 17.2 Å². The Hall–Kier alpha value is -3.00. The van der Waals surface area contributed by atoms with Crippen LogP contribution in [0.1, 0.15) is 12.0 Å². The molecule has 8 nitrogen and oxygen atoms in total. The van der Waals surface area contributed by atoms with Gasteiger partial charge in [-0.3, -0.25) is 4.90 Å². The SMILES string of the molecule is CNC(=O)N1CCc2cc(Oc3ccnc(NC)c3)c(OCCCOC)cc21. The second kappa shape index (κ2) is 9.27. The molecule has 0 saturated heterocycles. The van der Waals surface area contributed by atoms with Gasteiger partial charge in [-0.25, -0.2) is 9.78 Å². The lowest BCUT2D eigenvalue weighted by Gasteiger charge is -2.19. The summed E-state index contributed by atoms with van der Waals surface area (Å²) in [6.07, 6.45) is 3.20. The lowest BCUT2D eigenvalue weighted by molar-refractivity contribution is 0.171. The average Bonchev–Trinajstić information content (AvgIpc) is 3.13. The van der Waals surface area contributed by atoms with Gasteiger partial charge in [0.2, 0.25) is 0 Å². The predicted molar refractivity (Wildman–Crippen MR) is 108 cm³/mol. The van der Waals surface area contributed by atoms with E-state index < -0.39 is 0 Å². The third-order valence-electron chi connectivity index (χ3n) is 4.47. The van der Waals surface area contributed by atoms with Gasteiger partial charge in [-0.1, -0.05) is 0 Å². The molecule has 0 aliphatic carbocycles. The summed E-state index contributed by atoms with van der Waals surface area (Å²) in [5, 5.41) is 5.67. The molecule has 1 aliphatic heterocycles. The Bertz CT molecular complexity index is 828. The number of rotatable bonds is 8. The zero-order chi connectivity index (χ0) is 19.9. The first-order chi connectivity index (χ1) is 13.7. The van der Waals surface area contributed by atoms with Crippen LogP contribution >= 0.6 is 0 Å². The molecule has 2 heterocycles. The van der Waals surface area contributed by atoms with Crippen molar-refractivity contribution >= 4 is 17.5 Å². The van der Waals surface area contributed by atoms with Crippen molar-refractivity contribution in [2.45, 2.75) is 12.8 Å². The molecule has 1 aromatic heterocycles. The second-order valence-electron chi connectivity index (χ2n) is 6.31. The molecule has 0 saturated carbocycles. The van der Waals surface area contributed by atoms with E-state index in [1.165, 1.54) is 0 Å². The van der Waals surface area contributed by atoms with Crippen molar-refractivity contribution < 1.29 is 19.0 Å². The molecule has 0 bridgehead atoms. The monoisotopic (exact) mass is 386 g/mol. The van der Waals surface area contributed by atoms with Crippen molar-refractivity contribution in [2.24, 2.45) is 0 Å². The van der Waals surface area contributed by atoms with Crippen LogP contribution in [0.2, 0.25) is 0 Å². The van der Waals surface area contributed by atoms with Crippen LogP contribution in [-0.2, 0) is 11.2 Å². The number of fused-ring (bicyclic) bond motifs is 1. The Balaban J connectivity index is 1.89. The number of benzene rings is 1. The van der Waals surface area contributed by atoms with Crippen molar-refractivity contribution in [1.29, 1.82) is 0 Å². The Labute approximate surface area is 164 Å². The molecular formula is C20H26N4O4. The number of methoxy groups -OCH3 is 1. The van der Waals surface area contributed by atoms with E-state index in [4.69, 9.17) is 14.2 Å². The zero-order valence-electron chi connectivity index (χ0n) is 16.4. The zero-order valence-corrected chi connectivity index (χ0v) is 16.4. The van der Waals surface area contributed by atoms with Crippen LogP contribution in [0.3, 0.4) is 0 Å². The molecule has 0 radical (unpaired) electrons. The summed E-state index contributed by atoms with van der Waals surface area (Å²) >= 11 is 0. The summed E-state index contributed by atoms with van der Waals surface area (Å²) in [6, 6.07) is 7.30. The van der Waals surface area contributed by atoms with Crippen molar-refractivity contribution in [2.75, 3.05) is 51.2 Å². The van der Waals surface area contributed by atoms with Crippen LogP contribution in [0.5, 0.6) is 17.2 Å². The van der Waals surface area contributed by atoms with Crippen LogP contribution in [-0.4, -0.2) is 52.0 Å². The number of pyridine rings is 1. The molecule has 2 N–H and O–H groups in total. The summed E-state index contributed by atoms with van der Waals surface area (Å²) < 4.78 is 17.1. The lowest BCUT2D eigenvalue weighted by Crippen LogP contribution is -2.36. The molecule has 2 aromatic rings. The van der Waals surface area contributed by atoms with E-state index in [2.05, 4.69) is 15.6 Å². The predicted octanol–water partition coefficient (Wildman–Crippen LogP) is 3.03. The summed E-state index contributed by atoms with van der Waals surface area (Å²) in [7, 11) is 5.09. The first kappa shape index (κ1) is 19.8. The quantitative estimate of drug-likeness (QED) is 0.679. The molecule has 28 heavy (non-hydrogen) atoms. The summed E-state index contributed by atoms with van der Waals surface area (Å²) in [5.74, 6) is 2.57. The maximum absolute atomic E-state index is 12.1. The van der Waals surface area contributed by atoms with E-state index in [1.807, 2.05) is 18.2 Å². The molecule has 0 spiro atoms. The first-order valence-electron chi connectivity index (χ1n) is 9.25. The molecule has 0 unspecified atom stereocenters. The van der Waals surface area contributed by atoms with E-state index in [0.29, 0.717) is 42.8 Å². The largest absolute Gasteiger partial charge is 0.490 e. The maximum atomic E-state index is 12.1. The fourth-order valence-corrected chi connectivity index (χ4v) is 3.06. The number of carbonyl (C=O) groups is 1. The van der Waals surface area contributed by atoms with E-state index in [1.54, 1.807) is 38.4 Å². The summed E-state index contributed by atoms with van der Waals surface area (Å²) in [4.78, 5) is 18.1. The second-order valence-corrected chi connectivity index (χ2v) is 6.31. The van der Waals surface area contributed by atoms with Gasteiger partial charge < -0.3 is 24.8 Å². The normalized spacial score (nSPS) is 12.5. The molecule has 1 aromatic carbocycles. The fourth-order valence-electron chi connectivity index (χ4n) is 3.06. The molecule has 0 atom stereocenters. The van der Waals surface area contributed by atoms with Crippen LogP contribution in [0.25, 0.3) is 0 Å². The minimum absolute atomic E-state index is 0.134. The van der Waals surface area contributed by atoms with E-state index >= 15 is 0 Å². The standard InChI is InChI=1S/C20H26N4O4/c1-21-19-12-15(5-7-23-19)28-18-11-14-6-8-24(20(25)22-2)16(14)13-17(18)27-10-4-9-26-3/h5,7,11-13H,4,6,8-10H2,1-3H3,(H,21,23)(H,22,25). The number of urea groups is 1. The van der Waals surface area contributed by atoms with E-state index in [9.17, 15) is 4.79 Å². The minimum Gasteiger partial charge on any atom is -0.490 e. The van der Waals surface area contributed by atoms with Gasteiger partial charge in [0.05, 0.1) is 12.3 Å². The van der Waals surface area contributed by atoms with Crippen molar-refractivity contribution in [3.05, 3.63) is 36.0 Å². The van der Waals surface area contributed by atoms with Gasteiger partial charge >= 0.3 is 6.03 Å². The number of amides is 2. The molecule has 0 fully saturated rings. The van der Waals surface area contributed by atoms with Gasteiger partial charge in [0.1, 0.15) is 11.6 Å². The van der Waals surface area contributed by atoms with Crippen molar-refractivity contribution in [3.63, 3.8) is 0 Å². The Morgan fingerprint density at radius 2 is 2.07 bits per heavy atom. The third-order valence-corrected chi connectivity index (χ3v) is 4.47. The third kappa shape index (κ3) is 4.45. The maximum Gasteiger partial charge on any atom is 0.321 e. The van der Waals surface area contributed by atoms with Crippen LogP contribution in [0, 0.1) is 0 Å². The van der Waals surface area contributed by atoms with Gasteiger partial charge in [-0.05, 0) is 24.1 Å². The number of hydrogen-bond donors (Lipinski definition) is 2. The Morgan fingerprint density at radius 1 is 1.21 bits per heavy atom. The molecular weight excluding hydrogens is 360 g/mol. The number of hydrogen-bond acceptors (Lipinski definition) is 6. The number of carbonyl (C=O) groups excluding carboxylic acids is 1. The summed E-state index contributed by atoms with van der Waals surface area (Å²) in [5.41, 5.74) is 1.89. The lowest BCUT2D eigenvalue weighted by atomic mass is 10.1. The smallest absolute Gasteiger partial charge is 0.321 e. The van der Waals surface area contributed by atoms with Crippen LogP contribution in [0.15, 0.2) is 30.5 Å².